The SMILES string of the molecule is CC(C)c1ccc(CC2CCN(CC3Cc4cc(O)ccc4O3)CC2)cc1. The molecule has 2 aromatic carbocycles. The summed E-state index contributed by atoms with van der Waals surface area (Å²) in [5.74, 6) is 2.68. The molecule has 0 saturated carbocycles. The maximum Gasteiger partial charge on any atom is 0.123 e. The number of ether oxygens (including phenoxy) is 1. The van der Waals surface area contributed by atoms with E-state index in [-0.39, 0.29) is 6.10 Å². The molecule has 0 spiro atoms. The zero-order valence-corrected chi connectivity index (χ0v) is 16.5. The van der Waals surface area contributed by atoms with Crippen molar-refractivity contribution in [3.05, 3.63) is 59.2 Å². The van der Waals surface area contributed by atoms with Gasteiger partial charge in [0.1, 0.15) is 17.6 Å². The lowest BCUT2D eigenvalue weighted by molar-refractivity contribution is 0.117. The van der Waals surface area contributed by atoms with E-state index in [1.165, 1.54) is 30.4 Å². The summed E-state index contributed by atoms with van der Waals surface area (Å²) in [7, 11) is 0. The Morgan fingerprint density at radius 1 is 1.07 bits per heavy atom. The predicted octanol–water partition coefficient (Wildman–Crippen LogP) is 4.77. The normalized spacial score (nSPS) is 20.6. The summed E-state index contributed by atoms with van der Waals surface area (Å²) in [6.45, 7) is 7.82. The van der Waals surface area contributed by atoms with Crippen LogP contribution in [0.1, 0.15) is 49.3 Å². The molecule has 1 saturated heterocycles. The fourth-order valence-electron chi connectivity index (χ4n) is 4.44. The number of rotatable bonds is 5. The molecule has 27 heavy (non-hydrogen) atoms. The van der Waals surface area contributed by atoms with Gasteiger partial charge in [-0.15, -0.1) is 0 Å². The molecule has 4 rings (SSSR count). The second-order valence-electron chi connectivity index (χ2n) is 8.58. The van der Waals surface area contributed by atoms with Crippen LogP contribution in [0, 0.1) is 5.92 Å². The Morgan fingerprint density at radius 2 is 1.81 bits per heavy atom. The monoisotopic (exact) mass is 365 g/mol. The lowest BCUT2D eigenvalue weighted by Gasteiger charge is -2.33. The molecule has 2 aromatic rings. The van der Waals surface area contributed by atoms with Crippen molar-refractivity contribution in [3.8, 4) is 11.5 Å². The molecule has 2 aliphatic heterocycles. The molecule has 0 bridgehead atoms. The van der Waals surface area contributed by atoms with E-state index in [0.717, 1.165) is 43.3 Å². The number of aromatic hydroxyl groups is 1. The van der Waals surface area contributed by atoms with Gasteiger partial charge in [0.2, 0.25) is 0 Å². The molecule has 0 aromatic heterocycles. The standard InChI is InChI=1S/C24H31NO2/c1-17(2)20-5-3-18(4-6-20)13-19-9-11-25(12-10-19)16-23-15-21-14-22(26)7-8-24(21)27-23/h3-8,14,17,19,23,26H,9-13,15-16H2,1-2H3. The van der Waals surface area contributed by atoms with Gasteiger partial charge in [-0.2, -0.15) is 0 Å². The topological polar surface area (TPSA) is 32.7 Å². The Morgan fingerprint density at radius 3 is 2.52 bits per heavy atom. The molecule has 1 fully saturated rings. The van der Waals surface area contributed by atoms with Crippen molar-refractivity contribution < 1.29 is 9.84 Å². The Kier molecular flexibility index (Phi) is 5.40. The number of nitrogens with zero attached hydrogens (tertiary/aromatic N) is 1. The molecule has 2 heterocycles. The van der Waals surface area contributed by atoms with Crippen molar-refractivity contribution in [2.24, 2.45) is 5.92 Å². The van der Waals surface area contributed by atoms with E-state index in [0.29, 0.717) is 11.7 Å². The van der Waals surface area contributed by atoms with E-state index < -0.39 is 0 Å². The van der Waals surface area contributed by atoms with E-state index in [9.17, 15) is 5.11 Å². The van der Waals surface area contributed by atoms with Gasteiger partial charge in [-0.3, -0.25) is 4.90 Å². The third-order valence-electron chi connectivity index (χ3n) is 6.13. The first-order chi connectivity index (χ1) is 13.1. The number of phenols is 1. The lowest BCUT2D eigenvalue weighted by atomic mass is 9.89. The maximum absolute atomic E-state index is 9.63. The summed E-state index contributed by atoms with van der Waals surface area (Å²) in [5, 5.41) is 9.63. The molecule has 1 atom stereocenters. The van der Waals surface area contributed by atoms with Crippen molar-refractivity contribution in [1.82, 2.24) is 4.90 Å². The number of phenolic OH excluding ortho intramolecular Hbond substituents is 1. The Hall–Kier alpha value is -2.00. The van der Waals surface area contributed by atoms with Crippen LogP contribution in [-0.4, -0.2) is 35.7 Å². The van der Waals surface area contributed by atoms with Crippen molar-refractivity contribution in [3.63, 3.8) is 0 Å². The van der Waals surface area contributed by atoms with Crippen LogP contribution in [0.2, 0.25) is 0 Å². The molecule has 0 aliphatic carbocycles. The molecule has 0 amide bonds. The minimum atomic E-state index is 0.224. The van der Waals surface area contributed by atoms with E-state index in [1.54, 1.807) is 6.07 Å². The highest BCUT2D eigenvalue weighted by atomic mass is 16.5. The van der Waals surface area contributed by atoms with Crippen molar-refractivity contribution in [2.45, 2.75) is 51.6 Å². The first-order valence-corrected chi connectivity index (χ1v) is 10.4. The largest absolute Gasteiger partial charge is 0.508 e. The fourth-order valence-corrected chi connectivity index (χ4v) is 4.44. The first kappa shape index (κ1) is 18.4. The van der Waals surface area contributed by atoms with Crippen LogP contribution in [0.4, 0.5) is 0 Å². The second-order valence-corrected chi connectivity index (χ2v) is 8.58. The van der Waals surface area contributed by atoms with Crippen molar-refractivity contribution >= 4 is 0 Å². The van der Waals surface area contributed by atoms with Gasteiger partial charge in [0.05, 0.1) is 0 Å². The van der Waals surface area contributed by atoms with Crippen LogP contribution in [0.3, 0.4) is 0 Å². The number of likely N-dealkylation sites (tertiary alicyclic amines) is 1. The quantitative estimate of drug-likeness (QED) is 0.828. The molecule has 3 nitrogen and oxygen atoms in total. The van der Waals surface area contributed by atoms with E-state index >= 15 is 0 Å². The van der Waals surface area contributed by atoms with Gasteiger partial charge >= 0.3 is 0 Å². The van der Waals surface area contributed by atoms with Gasteiger partial charge < -0.3 is 9.84 Å². The van der Waals surface area contributed by atoms with E-state index in [4.69, 9.17) is 4.74 Å². The predicted molar refractivity (Wildman–Crippen MR) is 110 cm³/mol. The summed E-state index contributed by atoms with van der Waals surface area (Å²) in [5.41, 5.74) is 4.05. The van der Waals surface area contributed by atoms with Crippen LogP contribution >= 0.6 is 0 Å². The molecule has 2 aliphatic rings. The third kappa shape index (κ3) is 4.47. The van der Waals surface area contributed by atoms with Gasteiger partial charge in [-0.1, -0.05) is 38.1 Å². The van der Waals surface area contributed by atoms with Crippen LogP contribution in [0.15, 0.2) is 42.5 Å². The first-order valence-electron chi connectivity index (χ1n) is 10.4. The van der Waals surface area contributed by atoms with Gasteiger partial charge in [-0.25, -0.2) is 0 Å². The zero-order chi connectivity index (χ0) is 18.8. The third-order valence-corrected chi connectivity index (χ3v) is 6.13. The van der Waals surface area contributed by atoms with E-state index in [1.807, 2.05) is 12.1 Å². The van der Waals surface area contributed by atoms with Crippen molar-refractivity contribution in [2.75, 3.05) is 19.6 Å². The Bertz CT molecular complexity index is 760. The molecular formula is C24H31NO2. The lowest BCUT2D eigenvalue weighted by Crippen LogP contribution is -2.40. The smallest absolute Gasteiger partial charge is 0.123 e. The number of fused-ring (bicyclic) bond motifs is 1. The van der Waals surface area contributed by atoms with Gasteiger partial charge in [0.25, 0.3) is 0 Å². The molecule has 1 unspecified atom stereocenters. The highest BCUT2D eigenvalue weighted by Gasteiger charge is 2.27. The highest BCUT2D eigenvalue weighted by molar-refractivity contribution is 5.42. The zero-order valence-electron chi connectivity index (χ0n) is 16.5. The summed E-state index contributed by atoms with van der Waals surface area (Å²) in [6, 6.07) is 14.7. The van der Waals surface area contributed by atoms with Crippen LogP contribution in [0.5, 0.6) is 11.5 Å². The molecule has 3 heteroatoms. The van der Waals surface area contributed by atoms with Gasteiger partial charge in [0.15, 0.2) is 0 Å². The van der Waals surface area contributed by atoms with Gasteiger partial charge in [-0.05, 0) is 73.5 Å². The fraction of sp³-hybridized carbons (Fsp3) is 0.500. The minimum Gasteiger partial charge on any atom is -0.508 e. The molecular weight excluding hydrogens is 334 g/mol. The summed E-state index contributed by atoms with van der Waals surface area (Å²) in [6.07, 6.45) is 4.88. The minimum absolute atomic E-state index is 0.224. The number of hydrogen-bond acceptors (Lipinski definition) is 3. The average molecular weight is 366 g/mol. The highest BCUT2D eigenvalue weighted by Crippen LogP contribution is 2.32. The average Bonchev–Trinajstić information content (AvgIpc) is 3.05. The van der Waals surface area contributed by atoms with Gasteiger partial charge in [0, 0.05) is 18.5 Å². The molecule has 1 N–H and O–H groups in total. The van der Waals surface area contributed by atoms with Crippen molar-refractivity contribution in [1.29, 1.82) is 0 Å². The number of benzene rings is 2. The van der Waals surface area contributed by atoms with Crippen LogP contribution < -0.4 is 4.74 Å². The summed E-state index contributed by atoms with van der Waals surface area (Å²) >= 11 is 0. The van der Waals surface area contributed by atoms with Crippen LogP contribution in [-0.2, 0) is 12.8 Å². The maximum atomic E-state index is 9.63. The summed E-state index contributed by atoms with van der Waals surface area (Å²) in [4.78, 5) is 2.55. The number of piperidine rings is 1. The molecule has 0 radical (unpaired) electrons. The Balaban J connectivity index is 1.24. The van der Waals surface area contributed by atoms with E-state index in [2.05, 4.69) is 43.0 Å². The number of hydrogen-bond donors (Lipinski definition) is 1. The van der Waals surface area contributed by atoms with Crippen LogP contribution in [0.25, 0.3) is 0 Å². The Labute approximate surface area is 163 Å². The second kappa shape index (κ2) is 7.93. The summed E-state index contributed by atoms with van der Waals surface area (Å²) < 4.78 is 6.06. The molecule has 144 valence electrons.